The van der Waals surface area contributed by atoms with Crippen LogP contribution in [0, 0.1) is 0 Å². The highest BCUT2D eigenvalue weighted by molar-refractivity contribution is 7.09. The molecular formula is C13H24N4OS. The minimum atomic E-state index is 0.578. The van der Waals surface area contributed by atoms with Crippen molar-refractivity contribution < 1.29 is 4.74 Å². The van der Waals surface area contributed by atoms with Crippen molar-refractivity contribution in [1.29, 1.82) is 0 Å². The highest BCUT2D eigenvalue weighted by Crippen LogP contribution is 2.25. The molecule has 1 fully saturated rings. The van der Waals surface area contributed by atoms with Gasteiger partial charge in [0.25, 0.3) is 0 Å². The molecule has 0 bridgehead atoms. The molecule has 2 unspecified atom stereocenters. The van der Waals surface area contributed by atoms with Gasteiger partial charge in [0, 0.05) is 50.7 Å². The molecule has 2 heterocycles. The molecular weight excluding hydrogens is 260 g/mol. The summed E-state index contributed by atoms with van der Waals surface area (Å²) in [7, 11) is 6.05. The molecule has 1 aliphatic rings. The lowest BCUT2D eigenvalue weighted by atomic mass is 9.98. The van der Waals surface area contributed by atoms with Gasteiger partial charge in [-0.05, 0) is 26.8 Å². The van der Waals surface area contributed by atoms with Crippen molar-refractivity contribution in [2.75, 3.05) is 39.3 Å². The number of anilines is 1. The van der Waals surface area contributed by atoms with E-state index in [4.69, 9.17) is 4.74 Å². The Morgan fingerprint density at radius 3 is 3.00 bits per heavy atom. The first-order valence-corrected chi connectivity index (χ1v) is 7.63. The third-order valence-electron chi connectivity index (χ3n) is 4.02. The molecule has 1 aromatic rings. The van der Waals surface area contributed by atoms with E-state index in [0.29, 0.717) is 18.7 Å². The van der Waals surface area contributed by atoms with E-state index in [1.807, 2.05) is 0 Å². The molecule has 0 N–H and O–H groups in total. The van der Waals surface area contributed by atoms with Crippen LogP contribution in [0.1, 0.15) is 25.6 Å². The Kier molecular flexibility index (Phi) is 5.13. The van der Waals surface area contributed by atoms with Crippen LogP contribution >= 0.6 is 11.5 Å². The van der Waals surface area contributed by atoms with Crippen molar-refractivity contribution in [2.24, 2.45) is 0 Å². The number of likely N-dealkylation sites (tertiary alicyclic amines) is 1. The standard InChI is InChI=1S/C13H24N4OS/c1-10-9-11(5-7-16(10)2)17(3)13-14-12(15-19-13)6-8-18-4/h10-11H,5-9H2,1-4H3. The van der Waals surface area contributed by atoms with Crippen LogP contribution in [0.25, 0.3) is 0 Å². The molecule has 108 valence electrons. The second-order valence-electron chi connectivity index (χ2n) is 5.35. The summed E-state index contributed by atoms with van der Waals surface area (Å²) in [4.78, 5) is 9.33. The summed E-state index contributed by atoms with van der Waals surface area (Å²) < 4.78 is 9.47. The van der Waals surface area contributed by atoms with Crippen LogP contribution in [0.15, 0.2) is 0 Å². The first kappa shape index (κ1) is 14.7. The van der Waals surface area contributed by atoms with Gasteiger partial charge in [0.2, 0.25) is 5.13 Å². The van der Waals surface area contributed by atoms with Crippen LogP contribution < -0.4 is 4.90 Å². The molecule has 19 heavy (non-hydrogen) atoms. The fourth-order valence-electron chi connectivity index (χ4n) is 2.46. The normalized spacial score (nSPS) is 24.6. The van der Waals surface area contributed by atoms with Crippen molar-refractivity contribution in [1.82, 2.24) is 14.3 Å². The van der Waals surface area contributed by atoms with E-state index >= 15 is 0 Å². The number of hydrogen-bond donors (Lipinski definition) is 0. The summed E-state index contributed by atoms with van der Waals surface area (Å²) in [6.45, 7) is 4.14. The van der Waals surface area contributed by atoms with E-state index in [-0.39, 0.29) is 0 Å². The molecule has 1 aromatic heterocycles. The van der Waals surface area contributed by atoms with Gasteiger partial charge in [-0.2, -0.15) is 4.37 Å². The zero-order valence-corrected chi connectivity index (χ0v) is 13.1. The molecule has 5 nitrogen and oxygen atoms in total. The fraction of sp³-hybridized carbons (Fsp3) is 0.846. The zero-order valence-electron chi connectivity index (χ0n) is 12.3. The van der Waals surface area contributed by atoms with E-state index < -0.39 is 0 Å². The fourth-order valence-corrected chi connectivity index (χ4v) is 3.20. The number of hydrogen-bond acceptors (Lipinski definition) is 6. The number of piperidine rings is 1. The molecule has 0 spiro atoms. The van der Waals surface area contributed by atoms with Crippen LogP contribution in [0.4, 0.5) is 5.13 Å². The van der Waals surface area contributed by atoms with Crippen molar-refractivity contribution in [2.45, 2.75) is 38.3 Å². The van der Waals surface area contributed by atoms with Crippen molar-refractivity contribution >= 4 is 16.7 Å². The Hall–Kier alpha value is -0.720. The van der Waals surface area contributed by atoms with E-state index in [1.54, 1.807) is 7.11 Å². The smallest absolute Gasteiger partial charge is 0.205 e. The minimum Gasteiger partial charge on any atom is -0.384 e. The summed E-state index contributed by atoms with van der Waals surface area (Å²) >= 11 is 1.50. The van der Waals surface area contributed by atoms with Gasteiger partial charge in [-0.15, -0.1) is 0 Å². The monoisotopic (exact) mass is 284 g/mol. The van der Waals surface area contributed by atoms with Crippen LogP contribution in [0.2, 0.25) is 0 Å². The lowest BCUT2D eigenvalue weighted by Gasteiger charge is -2.39. The number of ether oxygens (including phenoxy) is 1. The Morgan fingerprint density at radius 2 is 2.32 bits per heavy atom. The summed E-state index contributed by atoms with van der Waals surface area (Å²) in [5.74, 6) is 0.898. The zero-order chi connectivity index (χ0) is 13.8. The molecule has 0 aliphatic carbocycles. The predicted octanol–water partition coefficient (Wildman–Crippen LogP) is 1.65. The van der Waals surface area contributed by atoms with Crippen LogP contribution in [-0.4, -0.2) is 60.7 Å². The van der Waals surface area contributed by atoms with Gasteiger partial charge in [0.1, 0.15) is 5.82 Å². The van der Waals surface area contributed by atoms with E-state index in [1.165, 1.54) is 24.4 Å². The van der Waals surface area contributed by atoms with Gasteiger partial charge in [0.15, 0.2) is 0 Å². The van der Waals surface area contributed by atoms with Crippen molar-refractivity contribution in [3.63, 3.8) is 0 Å². The van der Waals surface area contributed by atoms with Gasteiger partial charge in [0.05, 0.1) is 6.61 Å². The lowest BCUT2D eigenvalue weighted by Crippen LogP contribution is -2.46. The van der Waals surface area contributed by atoms with Crippen LogP contribution in [-0.2, 0) is 11.2 Å². The Morgan fingerprint density at radius 1 is 1.53 bits per heavy atom. The summed E-state index contributed by atoms with van der Waals surface area (Å²) in [6.07, 6.45) is 3.19. The minimum absolute atomic E-state index is 0.578. The van der Waals surface area contributed by atoms with Gasteiger partial charge >= 0.3 is 0 Å². The second-order valence-corrected chi connectivity index (χ2v) is 6.09. The van der Waals surface area contributed by atoms with Crippen molar-refractivity contribution in [3.05, 3.63) is 5.82 Å². The highest BCUT2D eigenvalue weighted by atomic mass is 32.1. The van der Waals surface area contributed by atoms with Crippen LogP contribution in [0.5, 0.6) is 0 Å². The maximum Gasteiger partial charge on any atom is 0.205 e. The quantitative estimate of drug-likeness (QED) is 0.822. The maximum atomic E-state index is 5.06. The van der Waals surface area contributed by atoms with E-state index in [0.717, 1.165) is 23.9 Å². The molecule has 0 amide bonds. The third-order valence-corrected chi connectivity index (χ3v) is 4.86. The van der Waals surface area contributed by atoms with E-state index in [2.05, 4.69) is 40.2 Å². The van der Waals surface area contributed by atoms with Gasteiger partial charge in [-0.1, -0.05) is 0 Å². The molecule has 0 radical (unpaired) electrons. The van der Waals surface area contributed by atoms with Gasteiger partial charge in [-0.3, -0.25) is 0 Å². The average Bonchev–Trinajstić information content (AvgIpc) is 2.87. The second kappa shape index (κ2) is 6.63. The first-order chi connectivity index (χ1) is 9.11. The molecule has 1 aliphatic heterocycles. The maximum absolute atomic E-state index is 5.06. The SMILES string of the molecule is COCCc1nsc(N(C)C2CCN(C)C(C)C2)n1. The highest BCUT2D eigenvalue weighted by Gasteiger charge is 2.27. The number of methoxy groups -OCH3 is 1. The average molecular weight is 284 g/mol. The lowest BCUT2D eigenvalue weighted by molar-refractivity contribution is 0.181. The molecule has 6 heteroatoms. The number of aromatic nitrogens is 2. The number of nitrogens with zero attached hydrogens (tertiary/aromatic N) is 4. The molecule has 0 saturated carbocycles. The Bertz CT molecular complexity index is 398. The summed E-state index contributed by atoms with van der Waals surface area (Å²) in [6, 6.07) is 1.22. The van der Waals surface area contributed by atoms with Gasteiger partial charge < -0.3 is 14.5 Å². The Balaban J connectivity index is 1.95. The third kappa shape index (κ3) is 3.64. The van der Waals surface area contributed by atoms with Gasteiger partial charge in [-0.25, -0.2) is 4.98 Å². The predicted molar refractivity (Wildman–Crippen MR) is 79.0 cm³/mol. The molecule has 0 aromatic carbocycles. The molecule has 1 saturated heterocycles. The Labute approximate surface area is 119 Å². The number of rotatable bonds is 5. The first-order valence-electron chi connectivity index (χ1n) is 6.86. The van der Waals surface area contributed by atoms with Crippen LogP contribution in [0.3, 0.4) is 0 Å². The van der Waals surface area contributed by atoms with E-state index in [9.17, 15) is 0 Å². The molecule has 2 atom stereocenters. The summed E-state index contributed by atoms with van der Waals surface area (Å²) in [5.41, 5.74) is 0. The topological polar surface area (TPSA) is 41.5 Å². The largest absolute Gasteiger partial charge is 0.384 e. The van der Waals surface area contributed by atoms with Crippen molar-refractivity contribution in [3.8, 4) is 0 Å². The molecule has 2 rings (SSSR count). The summed E-state index contributed by atoms with van der Waals surface area (Å²) in [5, 5.41) is 1.04.